The van der Waals surface area contributed by atoms with Crippen molar-refractivity contribution < 1.29 is 23.5 Å². The number of hydrogen-bond donors (Lipinski definition) is 1. The van der Waals surface area contributed by atoms with Gasteiger partial charge in [0.25, 0.3) is 0 Å². The van der Waals surface area contributed by atoms with Gasteiger partial charge in [-0.3, -0.25) is 9.05 Å². The third kappa shape index (κ3) is 4.38. The highest BCUT2D eigenvalue weighted by Crippen LogP contribution is 2.49. The van der Waals surface area contributed by atoms with Crippen LogP contribution in [0.25, 0.3) is 0 Å². The van der Waals surface area contributed by atoms with Crippen LogP contribution in [-0.4, -0.2) is 24.3 Å². The fraction of sp³-hybridized carbons (Fsp3) is 0.364. The van der Waals surface area contributed by atoms with Gasteiger partial charge < -0.3 is 9.63 Å². The van der Waals surface area contributed by atoms with Crippen LogP contribution >= 0.6 is 6.72 Å². The molecule has 5 nitrogen and oxygen atoms in total. The summed E-state index contributed by atoms with van der Waals surface area (Å²) in [6.45, 7) is 1.47. The van der Waals surface area contributed by atoms with Crippen molar-refractivity contribution in [1.82, 2.24) is 0 Å². The molecule has 0 aliphatic carbocycles. The molecule has 18 heavy (non-hydrogen) atoms. The predicted molar refractivity (Wildman–Crippen MR) is 71.6 cm³/mol. The summed E-state index contributed by atoms with van der Waals surface area (Å²) < 4.78 is 16.1. The SMILES string of the molecule is CCOP(=S)(OCC)Oc1cccc(C(=O)O)c1. The average molecular weight is 290 g/mol. The van der Waals surface area contributed by atoms with Gasteiger partial charge in [-0.15, -0.1) is 0 Å². The van der Waals surface area contributed by atoms with E-state index in [2.05, 4.69) is 0 Å². The Morgan fingerprint density at radius 3 is 2.44 bits per heavy atom. The molecule has 0 aromatic heterocycles. The molecule has 0 saturated heterocycles. The summed E-state index contributed by atoms with van der Waals surface area (Å²) >= 11 is 5.19. The summed E-state index contributed by atoms with van der Waals surface area (Å²) in [6.07, 6.45) is 0. The maximum Gasteiger partial charge on any atom is 0.380 e. The Labute approximate surface area is 111 Å². The van der Waals surface area contributed by atoms with E-state index in [1.165, 1.54) is 12.1 Å². The highest BCUT2D eigenvalue weighted by Gasteiger charge is 2.21. The minimum absolute atomic E-state index is 0.127. The van der Waals surface area contributed by atoms with Gasteiger partial charge in [0, 0.05) is 11.8 Å². The van der Waals surface area contributed by atoms with Gasteiger partial charge in [-0.25, -0.2) is 4.79 Å². The Bertz CT molecular complexity index is 453. The second-order valence-electron chi connectivity index (χ2n) is 3.21. The number of carboxylic acids is 1. The Morgan fingerprint density at radius 2 is 1.94 bits per heavy atom. The maximum absolute atomic E-state index is 10.8. The first-order valence-electron chi connectivity index (χ1n) is 5.43. The first kappa shape index (κ1) is 15.1. The third-order valence-electron chi connectivity index (χ3n) is 1.87. The second kappa shape index (κ2) is 6.85. The van der Waals surface area contributed by atoms with Crippen molar-refractivity contribution >= 4 is 24.5 Å². The molecule has 100 valence electrons. The van der Waals surface area contributed by atoms with Crippen LogP contribution in [0, 0.1) is 0 Å². The Kier molecular flexibility index (Phi) is 5.75. The van der Waals surface area contributed by atoms with Crippen molar-refractivity contribution in [3.8, 4) is 5.75 Å². The number of carbonyl (C=O) groups is 1. The topological polar surface area (TPSA) is 65.0 Å². The fourth-order valence-electron chi connectivity index (χ4n) is 1.22. The lowest BCUT2D eigenvalue weighted by atomic mass is 10.2. The molecule has 0 radical (unpaired) electrons. The molecule has 0 heterocycles. The van der Waals surface area contributed by atoms with Crippen molar-refractivity contribution in [3.05, 3.63) is 29.8 Å². The summed E-state index contributed by atoms with van der Waals surface area (Å²) in [7, 11) is 0. The number of carboxylic acid groups (broad SMARTS) is 1. The maximum atomic E-state index is 10.8. The predicted octanol–water partition coefficient (Wildman–Crippen LogP) is 3.06. The normalized spacial score (nSPS) is 11.2. The van der Waals surface area contributed by atoms with Gasteiger partial charge in [-0.2, -0.15) is 0 Å². The van der Waals surface area contributed by atoms with E-state index in [1.807, 2.05) is 0 Å². The fourth-order valence-corrected chi connectivity index (χ4v) is 3.30. The van der Waals surface area contributed by atoms with Gasteiger partial charge in [0.2, 0.25) is 0 Å². The number of benzene rings is 1. The quantitative estimate of drug-likeness (QED) is 0.779. The minimum Gasteiger partial charge on any atom is -0.478 e. The zero-order valence-corrected chi connectivity index (χ0v) is 11.9. The van der Waals surface area contributed by atoms with Crippen LogP contribution in [0.15, 0.2) is 24.3 Å². The lowest BCUT2D eigenvalue weighted by Crippen LogP contribution is -2.03. The van der Waals surface area contributed by atoms with Crippen molar-refractivity contribution in [3.63, 3.8) is 0 Å². The molecule has 1 rings (SSSR count). The molecule has 0 bridgehead atoms. The molecular formula is C11H15O5PS. The Morgan fingerprint density at radius 1 is 1.33 bits per heavy atom. The standard InChI is InChI=1S/C11H15O5PS/c1-3-14-17(18,15-4-2)16-10-7-5-6-9(8-10)11(12)13/h5-8H,3-4H2,1-2H3,(H,12,13). The Balaban J connectivity index is 2.90. The van der Waals surface area contributed by atoms with Crippen molar-refractivity contribution in [2.45, 2.75) is 13.8 Å². The molecule has 7 heteroatoms. The lowest BCUT2D eigenvalue weighted by molar-refractivity contribution is 0.0696. The van der Waals surface area contributed by atoms with Crippen molar-refractivity contribution in [2.24, 2.45) is 0 Å². The van der Waals surface area contributed by atoms with Gasteiger partial charge in [0.15, 0.2) is 0 Å². The zero-order chi connectivity index (χ0) is 13.6. The number of hydrogen-bond acceptors (Lipinski definition) is 5. The molecule has 0 atom stereocenters. The summed E-state index contributed by atoms with van der Waals surface area (Å²) in [6, 6.07) is 6.06. The molecule has 0 aliphatic rings. The first-order valence-corrected chi connectivity index (χ1v) is 7.98. The van der Waals surface area contributed by atoms with Crippen LogP contribution in [0.4, 0.5) is 0 Å². The Hall–Kier alpha value is -0.940. The van der Waals surface area contributed by atoms with E-state index in [9.17, 15) is 4.79 Å². The summed E-state index contributed by atoms with van der Waals surface area (Å²) in [5.74, 6) is -0.693. The molecule has 1 aromatic carbocycles. The van der Waals surface area contributed by atoms with E-state index in [-0.39, 0.29) is 5.56 Å². The lowest BCUT2D eigenvalue weighted by Gasteiger charge is -2.21. The molecule has 0 aliphatic heterocycles. The molecule has 0 amide bonds. The van der Waals surface area contributed by atoms with Gasteiger partial charge >= 0.3 is 12.7 Å². The molecular weight excluding hydrogens is 275 g/mol. The van der Waals surface area contributed by atoms with Gasteiger partial charge in [-0.05, 0) is 32.0 Å². The van der Waals surface area contributed by atoms with E-state index in [0.717, 1.165) is 0 Å². The number of aromatic carboxylic acids is 1. The van der Waals surface area contributed by atoms with Crippen LogP contribution in [-0.2, 0) is 20.9 Å². The third-order valence-corrected chi connectivity index (χ3v) is 4.31. The largest absolute Gasteiger partial charge is 0.478 e. The van der Waals surface area contributed by atoms with Gasteiger partial charge in [-0.1, -0.05) is 6.07 Å². The zero-order valence-electron chi connectivity index (χ0n) is 10.2. The van der Waals surface area contributed by atoms with Crippen molar-refractivity contribution in [1.29, 1.82) is 0 Å². The van der Waals surface area contributed by atoms with Gasteiger partial charge in [0.1, 0.15) is 5.75 Å². The van der Waals surface area contributed by atoms with E-state index < -0.39 is 12.7 Å². The highest BCUT2D eigenvalue weighted by molar-refractivity contribution is 8.07. The minimum atomic E-state index is -2.85. The molecule has 1 N–H and O–H groups in total. The summed E-state index contributed by atoms with van der Waals surface area (Å²) in [5.41, 5.74) is 0.127. The van der Waals surface area contributed by atoms with Crippen LogP contribution < -0.4 is 4.52 Å². The second-order valence-corrected chi connectivity index (χ2v) is 6.14. The van der Waals surface area contributed by atoms with E-state index in [0.29, 0.717) is 19.0 Å². The molecule has 0 fully saturated rings. The van der Waals surface area contributed by atoms with Crippen molar-refractivity contribution in [2.75, 3.05) is 13.2 Å². The first-order chi connectivity index (χ1) is 8.50. The smallest absolute Gasteiger partial charge is 0.380 e. The van der Waals surface area contributed by atoms with Crippen LogP contribution in [0.3, 0.4) is 0 Å². The molecule has 1 aromatic rings. The van der Waals surface area contributed by atoms with E-state index in [4.69, 9.17) is 30.5 Å². The molecule has 0 saturated carbocycles. The van der Waals surface area contributed by atoms with Gasteiger partial charge in [0.05, 0.1) is 18.8 Å². The van der Waals surface area contributed by atoms with Crippen LogP contribution in [0.5, 0.6) is 5.75 Å². The summed E-state index contributed by atoms with van der Waals surface area (Å²) in [4.78, 5) is 10.8. The monoisotopic (exact) mass is 290 g/mol. The molecule has 0 unspecified atom stereocenters. The van der Waals surface area contributed by atoms with Crippen LogP contribution in [0.2, 0.25) is 0 Å². The molecule has 0 spiro atoms. The van der Waals surface area contributed by atoms with E-state index >= 15 is 0 Å². The van der Waals surface area contributed by atoms with Crippen LogP contribution in [0.1, 0.15) is 24.2 Å². The van der Waals surface area contributed by atoms with E-state index in [1.54, 1.807) is 26.0 Å². The highest BCUT2D eigenvalue weighted by atomic mass is 32.5. The average Bonchev–Trinajstić information content (AvgIpc) is 2.29. The summed E-state index contributed by atoms with van der Waals surface area (Å²) in [5, 5.41) is 8.88. The number of rotatable bonds is 7.